The zero-order valence-electron chi connectivity index (χ0n) is 7.16. The minimum absolute atomic E-state index is 0.393. The van der Waals surface area contributed by atoms with E-state index in [4.69, 9.17) is 10.3 Å². The van der Waals surface area contributed by atoms with Crippen LogP contribution in [0, 0.1) is 6.92 Å². The third kappa shape index (κ3) is 2.26. The largest absolute Gasteiger partial charge is 0.370 e. The number of aryl methyl sites for hydroxylation is 1. The van der Waals surface area contributed by atoms with Crippen LogP contribution < -0.4 is 11.1 Å². The summed E-state index contributed by atoms with van der Waals surface area (Å²) in [5, 5.41) is 6.58. The fourth-order valence-electron chi connectivity index (χ4n) is 0.756. The molecular formula is C7H12N4O. The Morgan fingerprint density at radius 3 is 3.08 bits per heavy atom. The molecule has 66 valence electrons. The van der Waals surface area contributed by atoms with E-state index in [0.717, 1.165) is 11.5 Å². The van der Waals surface area contributed by atoms with Gasteiger partial charge in [-0.2, -0.15) is 0 Å². The fourth-order valence-corrected chi connectivity index (χ4v) is 0.756. The van der Waals surface area contributed by atoms with Gasteiger partial charge in [-0.1, -0.05) is 5.16 Å². The average Bonchev–Trinajstić information content (AvgIpc) is 2.47. The molecule has 0 saturated carbocycles. The van der Waals surface area contributed by atoms with Crippen molar-refractivity contribution in [2.24, 2.45) is 10.7 Å². The zero-order chi connectivity index (χ0) is 8.97. The van der Waals surface area contributed by atoms with E-state index in [1.165, 1.54) is 0 Å². The Bertz CT molecular complexity index is 279. The number of guanidine groups is 1. The van der Waals surface area contributed by atoms with Crippen LogP contribution in [0.5, 0.6) is 0 Å². The molecule has 0 aliphatic carbocycles. The van der Waals surface area contributed by atoms with E-state index in [-0.39, 0.29) is 0 Å². The van der Waals surface area contributed by atoms with Crippen molar-refractivity contribution in [3.8, 4) is 0 Å². The van der Waals surface area contributed by atoms with E-state index in [2.05, 4.69) is 15.5 Å². The van der Waals surface area contributed by atoms with Gasteiger partial charge in [0.25, 0.3) is 0 Å². The summed E-state index contributed by atoms with van der Waals surface area (Å²) in [5.41, 5.74) is 6.26. The predicted molar refractivity (Wildman–Crippen MR) is 45.6 cm³/mol. The molecule has 0 fully saturated rings. The first kappa shape index (κ1) is 8.58. The first-order chi connectivity index (χ1) is 5.72. The van der Waals surface area contributed by atoms with Gasteiger partial charge in [0.05, 0.1) is 12.2 Å². The Labute approximate surface area is 70.6 Å². The minimum atomic E-state index is 0.393. The first-order valence-corrected chi connectivity index (χ1v) is 3.60. The summed E-state index contributed by atoms with van der Waals surface area (Å²) >= 11 is 0. The lowest BCUT2D eigenvalue weighted by atomic mass is 10.4. The first-order valence-electron chi connectivity index (χ1n) is 3.60. The smallest absolute Gasteiger partial charge is 0.188 e. The van der Waals surface area contributed by atoms with Crippen LogP contribution in [-0.2, 0) is 6.54 Å². The summed E-state index contributed by atoms with van der Waals surface area (Å²) in [6.07, 6.45) is 0. The second-order valence-corrected chi connectivity index (χ2v) is 2.40. The van der Waals surface area contributed by atoms with Crippen LogP contribution in [0.1, 0.15) is 11.5 Å². The Morgan fingerprint density at radius 1 is 1.83 bits per heavy atom. The van der Waals surface area contributed by atoms with Crippen LogP contribution in [0.25, 0.3) is 0 Å². The molecule has 0 amide bonds. The van der Waals surface area contributed by atoms with Gasteiger partial charge in [-0.15, -0.1) is 0 Å². The molecule has 5 nitrogen and oxygen atoms in total. The monoisotopic (exact) mass is 168 g/mol. The lowest BCUT2D eigenvalue weighted by molar-refractivity contribution is 0.377. The van der Waals surface area contributed by atoms with Gasteiger partial charge in [0.15, 0.2) is 11.7 Å². The number of hydrogen-bond donors (Lipinski definition) is 2. The molecule has 0 bridgehead atoms. The molecule has 12 heavy (non-hydrogen) atoms. The summed E-state index contributed by atoms with van der Waals surface area (Å²) in [7, 11) is 1.62. The van der Waals surface area contributed by atoms with Crippen LogP contribution >= 0.6 is 0 Å². The van der Waals surface area contributed by atoms with Crippen molar-refractivity contribution in [3.63, 3.8) is 0 Å². The molecule has 0 aromatic carbocycles. The standard InChI is InChI=1S/C7H12N4O/c1-5-3-6(12-11-5)4-10-7(8)9-2/h3H,4H2,1-2H3,(H3,8,9,10). The molecule has 0 radical (unpaired) electrons. The highest BCUT2D eigenvalue weighted by Crippen LogP contribution is 2.00. The maximum Gasteiger partial charge on any atom is 0.188 e. The molecular weight excluding hydrogens is 156 g/mol. The number of aromatic nitrogens is 1. The SMILES string of the molecule is CN=C(N)NCc1cc(C)no1. The molecule has 1 aromatic heterocycles. The third-order valence-electron chi connectivity index (χ3n) is 1.36. The van der Waals surface area contributed by atoms with E-state index in [9.17, 15) is 0 Å². The van der Waals surface area contributed by atoms with Crippen LogP contribution in [0.15, 0.2) is 15.6 Å². The lowest BCUT2D eigenvalue weighted by Gasteiger charge is -1.99. The Hall–Kier alpha value is -1.52. The van der Waals surface area contributed by atoms with Gasteiger partial charge in [0, 0.05) is 13.1 Å². The van der Waals surface area contributed by atoms with Gasteiger partial charge in [-0.25, -0.2) is 0 Å². The van der Waals surface area contributed by atoms with Gasteiger partial charge >= 0.3 is 0 Å². The molecule has 1 aromatic rings. The molecule has 0 aliphatic rings. The fraction of sp³-hybridized carbons (Fsp3) is 0.429. The van der Waals surface area contributed by atoms with Crippen LogP contribution in [0.3, 0.4) is 0 Å². The molecule has 0 spiro atoms. The summed E-state index contributed by atoms with van der Waals surface area (Å²) < 4.78 is 4.94. The summed E-state index contributed by atoms with van der Waals surface area (Å²) in [5.74, 6) is 1.14. The highest BCUT2D eigenvalue weighted by molar-refractivity contribution is 5.77. The number of aliphatic imine (C=N–C) groups is 1. The normalized spacial score (nSPS) is 11.7. The second-order valence-electron chi connectivity index (χ2n) is 2.40. The molecule has 0 unspecified atom stereocenters. The molecule has 1 rings (SSSR count). The Morgan fingerprint density at radius 2 is 2.58 bits per heavy atom. The third-order valence-corrected chi connectivity index (χ3v) is 1.36. The van der Waals surface area contributed by atoms with E-state index >= 15 is 0 Å². The minimum Gasteiger partial charge on any atom is -0.370 e. The second kappa shape index (κ2) is 3.75. The molecule has 1 heterocycles. The highest BCUT2D eigenvalue weighted by Gasteiger charge is 1.99. The van der Waals surface area contributed by atoms with E-state index in [1.807, 2.05) is 13.0 Å². The number of hydrogen-bond acceptors (Lipinski definition) is 3. The highest BCUT2D eigenvalue weighted by atomic mass is 16.5. The Kier molecular flexibility index (Phi) is 2.68. The van der Waals surface area contributed by atoms with Crippen LogP contribution in [0.4, 0.5) is 0 Å². The molecule has 0 atom stereocenters. The van der Waals surface area contributed by atoms with Crippen molar-refractivity contribution in [2.75, 3.05) is 7.05 Å². The van der Waals surface area contributed by atoms with Crippen molar-refractivity contribution in [2.45, 2.75) is 13.5 Å². The van der Waals surface area contributed by atoms with Crippen molar-refractivity contribution in [1.82, 2.24) is 10.5 Å². The maximum atomic E-state index is 5.40. The van der Waals surface area contributed by atoms with Crippen LogP contribution in [0.2, 0.25) is 0 Å². The van der Waals surface area contributed by atoms with E-state index in [0.29, 0.717) is 12.5 Å². The van der Waals surface area contributed by atoms with E-state index < -0.39 is 0 Å². The van der Waals surface area contributed by atoms with Crippen molar-refractivity contribution in [1.29, 1.82) is 0 Å². The van der Waals surface area contributed by atoms with Gasteiger partial charge in [-0.05, 0) is 6.92 Å². The van der Waals surface area contributed by atoms with E-state index in [1.54, 1.807) is 7.05 Å². The summed E-state index contributed by atoms with van der Waals surface area (Å²) in [6.45, 7) is 2.38. The van der Waals surface area contributed by atoms with Crippen molar-refractivity contribution < 1.29 is 4.52 Å². The summed E-state index contributed by atoms with van der Waals surface area (Å²) in [6, 6.07) is 1.84. The quantitative estimate of drug-likeness (QED) is 0.482. The van der Waals surface area contributed by atoms with Gasteiger partial charge in [0.1, 0.15) is 0 Å². The molecule has 3 N–H and O–H groups in total. The average molecular weight is 168 g/mol. The van der Waals surface area contributed by atoms with Crippen molar-refractivity contribution >= 4 is 5.96 Å². The Balaban J connectivity index is 2.43. The van der Waals surface area contributed by atoms with Crippen molar-refractivity contribution in [3.05, 3.63) is 17.5 Å². The molecule has 5 heteroatoms. The number of nitrogens with one attached hydrogen (secondary N) is 1. The zero-order valence-corrected chi connectivity index (χ0v) is 7.16. The maximum absolute atomic E-state index is 5.40. The molecule has 0 aliphatic heterocycles. The summed E-state index contributed by atoms with van der Waals surface area (Å²) in [4.78, 5) is 3.73. The van der Waals surface area contributed by atoms with Gasteiger partial charge in [-0.3, -0.25) is 4.99 Å². The number of nitrogens with zero attached hydrogens (tertiary/aromatic N) is 2. The van der Waals surface area contributed by atoms with Gasteiger partial charge < -0.3 is 15.6 Å². The topological polar surface area (TPSA) is 76.4 Å². The molecule has 0 saturated heterocycles. The predicted octanol–water partition coefficient (Wildman–Crippen LogP) is 0.0171. The van der Waals surface area contributed by atoms with Crippen LogP contribution in [-0.4, -0.2) is 18.2 Å². The lowest BCUT2D eigenvalue weighted by Crippen LogP contribution is -2.30. The number of nitrogens with two attached hydrogens (primary N) is 1. The number of rotatable bonds is 2. The van der Waals surface area contributed by atoms with Gasteiger partial charge in [0.2, 0.25) is 0 Å².